The Kier molecular flexibility index (Phi) is 5.16. The Labute approximate surface area is 213 Å². The number of rotatable bonds is 6. The van der Waals surface area contributed by atoms with Gasteiger partial charge >= 0.3 is 0 Å². The van der Waals surface area contributed by atoms with Gasteiger partial charge in [-0.05, 0) is 108 Å². The van der Waals surface area contributed by atoms with Crippen molar-refractivity contribution in [3.8, 4) is 11.1 Å². The van der Waals surface area contributed by atoms with Crippen molar-refractivity contribution in [3.05, 3.63) is 88.0 Å². The van der Waals surface area contributed by atoms with E-state index in [2.05, 4.69) is 84.2 Å². The molecule has 0 heteroatoms. The summed E-state index contributed by atoms with van der Waals surface area (Å²) in [5.74, 6) is 1.80. The SMILES string of the molecule is C=C1C(CC2=Cc3cccc(-c4cc(C)cc(C)c4CCC4(C)CCC4)c3C2)C(=C)C2C1C2(C)C. The lowest BCUT2D eigenvalue weighted by Crippen LogP contribution is -2.26. The summed E-state index contributed by atoms with van der Waals surface area (Å²) in [4.78, 5) is 0. The summed E-state index contributed by atoms with van der Waals surface area (Å²) >= 11 is 0. The van der Waals surface area contributed by atoms with Crippen LogP contribution in [0, 0.1) is 42.4 Å². The molecule has 0 saturated heterocycles. The molecule has 3 fully saturated rings. The predicted octanol–water partition coefficient (Wildman–Crippen LogP) is 9.44. The van der Waals surface area contributed by atoms with Gasteiger partial charge < -0.3 is 0 Å². The van der Waals surface area contributed by atoms with Gasteiger partial charge in [0.1, 0.15) is 0 Å². The summed E-state index contributed by atoms with van der Waals surface area (Å²) in [6.07, 6.45) is 11.4. The fraction of sp³-hybridized carbons (Fsp3) is 0.486. The minimum Gasteiger partial charge on any atom is -0.0989 e. The second kappa shape index (κ2) is 7.83. The van der Waals surface area contributed by atoms with E-state index < -0.39 is 0 Å². The quantitative estimate of drug-likeness (QED) is 0.375. The molecule has 2 aromatic rings. The Morgan fingerprint density at radius 1 is 0.943 bits per heavy atom. The molecular weight excluding hydrogens is 420 g/mol. The van der Waals surface area contributed by atoms with Crippen molar-refractivity contribution < 1.29 is 0 Å². The van der Waals surface area contributed by atoms with Crippen LogP contribution in [0.3, 0.4) is 0 Å². The van der Waals surface area contributed by atoms with E-state index in [1.54, 1.807) is 11.1 Å². The molecule has 0 amide bonds. The molecule has 0 bridgehead atoms. The van der Waals surface area contributed by atoms with Gasteiger partial charge in [-0.3, -0.25) is 0 Å². The van der Waals surface area contributed by atoms with Gasteiger partial charge in [0.25, 0.3) is 0 Å². The number of hydrogen-bond acceptors (Lipinski definition) is 0. The molecule has 0 aliphatic heterocycles. The van der Waals surface area contributed by atoms with Gasteiger partial charge in [-0.2, -0.15) is 0 Å². The largest absolute Gasteiger partial charge is 0.0989 e. The molecule has 2 atom stereocenters. The lowest BCUT2D eigenvalue weighted by atomic mass is 9.67. The van der Waals surface area contributed by atoms with Gasteiger partial charge in [0.05, 0.1) is 0 Å². The first kappa shape index (κ1) is 23.1. The monoisotopic (exact) mass is 462 g/mol. The molecule has 2 unspecified atom stereocenters. The van der Waals surface area contributed by atoms with Gasteiger partial charge in [0.2, 0.25) is 0 Å². The van der Waals surface area contributed by atoms with Crippen LogP contribution in [-0.4, -0.2) is 0 Å². The molecule has 0 heterocycles. The number of allylic oxidation sites excluding steroid dienone is 3. The first-order valence-corrected chi connectivity index (χ1v) is 13.9. The third-order valence-electron chi connectivity index (χ3n) is 10.4. The third-order valence-corrected chi connectivity index (χ3v) is 10.4. The van der Waals surface area contributed by atoms with Gasteiger partial charge in [-0.1, -0.05) is 99.0 Å². The van der Waals surface area contributed by atoms with E-state index in [0.717, 1.165) is 12.8 Å². The van der Waals surface area contributed by atoms with Crippen molar-refractivity contribution >= 4 is 6.08 Å². The highest BCUT2D eigenvalue weighted by Gasteiger charge is 2.65. The van der Waals surface area contributed by atoms with E-state index in [4.69, 9.17) is 0 Å². The lowest BCUT2D eigenvalue weighted by Gasteiger charge is -2.39. The Balaban J connectivity index is 1.27. The van der Waals surface area contributed by atoms with Crippen LogP contribution < -0.4 is 0 Å². The Morgan fingerprint density at radius 3 is 2.31 bits per heavy atom. The smallest absolute Gasteiger partial charge is 0.00454 e. The maximum absolute atomic E-state index is 4.56. The number of aryl methyl sites for hydroxylation is 2. The number of fused-ring (bicyclic) bond motifs is 2. The fourth-order valence-corrected chi connectivity index (χ4v) is 8.06. The summed E-state index contributed by atoms with van der Waals surface area (Å²) in [5.41, 5.74) is 15.7. The van der Waals surface area contributed by atoms with Crippen molar-refractivity contribution in [3.63, 3.8) is 0 Å². The second-order valence-electron chi connectivity index (χ2n) is 13.3. The Morgan fingerprint density at radius 2 is 1.66 bits per heavy atom. The molecule has 182 valence electrons. The molecule has 0 N–H and O–H groups in total. The number of benzene rings is 2. The summed E-state index contributed by atoms with van der Waals surface area (Å²) in [6, 6.07) is 11.8. The van der Waals surface area contributed by atoms with Crippen molar-refractivity contribution in [2.24, 2.45) is 28.6 Å². The van der Waals surface area contributed by atoms with Crippen molar-refractivity contribution in [1.82, 2.24) is 0 Å². The predicted molar refractivity (Wildman–Crippen MR) is 150 cm³/mol. The van der Waals surface area contributed by atoms with Gasteiger partial charge in [-0.15, -0.1) is 0 Å². The topological polar surface area (TPSA) is 0 Å². The average molecular weight is 463 g/mol. The van der Waals surface area contributed by atoms with E-state index >= 15 is 0 Å². The second-order valence-corrected chi connectivity index (χ2v) is 13.3. The van der Waals surface area contributed by atoms with Crippen LogP contribution in [0.2, 0.25) is 0 Å². The Hall–Kier alpha value is -2.34. The van der Waals surface area contributed by atoms with Gasteiger partial charge in [-0.25, -0.2) is 0 Å². The lowest BCUT2D eigenvalue weighted by molar-refractivity contribution is 0.147. The van der Waals surface area contributed by atoms with Crippen LogP contribution in [-0.2, 0) is 12.8 Å². The van der Waals surface area contributed by atoms with Crippen LogP contribution in [0.5, 0.6) is 0 Å². The minimum atomic E-state index is 0.390. The summed E-state index contributed by atoms with van der Waals surface area (Å²) < 4.78 is 0. The van der Waals surface area contributed by atoms with E-state index in [-0.39, 0.29) is 0 Å². The minimum absolute atomic E-state index is 0.390. The van der Waals surface area contributed by atoms with E-state index in [9.17, 15) is 0 Å². The fourth-order valence-electron chi connectivity index (χ4n) is 8.06. The van der Waals surface area contributed by atoms with Crippen molar-refractivity contribution in [2.45, 2.75) is 79.6 Å². The van der Waals surface area contributed by atoms with Crippen molar-refractivity contribution in [2.75, 3.05) is 0 Å². The summed E-state index contributed by atoms with van der Waals surface area (Å²) in [5, 5.41) is 0. The maximum Gasteiger partial charge on any atom is 0.00454 e. The molecule has 6 rings (SSSR count). The van der Waals surface area contributed by atoms with Crippen LogP contribution in [0.1, 0.15) is 80.7 Å². The molecule has 35 heavy (non-hydrogen) atoms. The molecule has 0 spiro atoms. The molecular formula is C35H42. The molecule has 2 aromatic carbocycles. The molecule has 4 aliphatic carbocycles. The zero-order valence-corrected chi connectivity index (χ0v) is 22.6. The van der Waals surface area contributed by atoms with Crippen LogP contribution in [0.15, 0.2) is 60.2 Å². The first-order valence-electron chi connectivity index (χ1n) is 13.9. The van der Waals surface area contributed by atoms with Crippen LogP contribution >= 0.6 is 0 Å². The van der Waals surface area contributed by atoms with E-state index in [1.807, 2.05) is 0 Å². The maximum atomic E-state index is 4.56. The normalized spacial score (nSPS) is 27.3. The number of hydrogen-bond donors (Lipinski definition) is 0. The van der Waals surface area contributed by atoms with Crippen molar-refractivity contribution in [1.29, 1.82) is 0 Å². The Bertz CT molecular complexity index is 1250. The zero-order chi connectivity index (χ0) is 24.7. The summed E-state index contributed by atoms with van der Waals surface area (Å²) in [6.45, 7) is 21.0. The highest BCUT2D eigenvalue weighted by molar-refractivity contribution is 5.80. The van der Waals surface area contributed by atoms with Crippen LogP contribution in [0.25, 0.3) is 17.2 Å². The average Bonchev–Trinajstić information content (AvgIpc) is 3.03. The molecule has 0 aromatic heterocycles. The molecule has 4 aliphatic rings. The van der Waals surface area contributed by atoms with Gasteiger partial charge in [0, 0.05) is 5.92 Å². The molecule has 0 nitrogen and oxygen atoms in total. The van der Waals surface area contributed by atoms with Gasteiger partial charge in [0.15, 0.2) is 0 Å². The first-order chi connectivity index (χ1) is 16.6. The molecule has 3 saturated carbocycles. The zero-order valence-electron chi connectivity index (χ0n) is 22.6. The third kappa shape index (κ3) is 3.62. The van der Waals surface area contributed by atoms with Crippen LogP contribution in [0.4, 0.5) is 0 Å². The summed E-state index contributed by atoms with van der Waals surface area (Å²) in [7, 11) is 0. The van der Waals surface area contributed by atoms with E-state index in [1.165, 1.54) is 76.6 Å². The van der Waals surface area contributed by atoms with E-state index in [0.29, 0.717) is 28.6 Å². The highest BCUT2D eigenvalue weighted by atomic mass is 14.7. The molecule has 0 radical (unpaired) electrons. The highest BCUT2D eigenvalue weighted by Crippen LogP contribution is 2.72. The standard InChI is InChI=1S/C35H42/c1-21-16-22(2)27(12-15-35(7)13-9-14-35)31(17-21)28-11-8-10-26-18-25(20-30(26)28)19-29-23(3)32-33(24(29)4)34(32,5)6/h8,10-11,16-18,29,32-33H,3-4,9,12-15,19-20H2,1-2,5-7H3.